The van der Waals surface area contributed by atoms with Crippen LogP contribution in [0.25, 0.3) is 10.8 Å². The molecule has 0 aliphatic rings. The molecule has 3 N–H and O–H groups in total. The molecule has 2 aromatic carbocycles. The number of aromatic nitrogens is 1. The minimum absolute atomic E-state index is 0.331. The number of methoxy groups -OCH3 is 1. The van der Waals surface area contributed by atoms with Crippen molar-refractivity contribution >= 4 is 28.2 Å². The van der Waals surface area contributed by atoms with Gasteiger partial charge < -0.3 is 15.8 Å². The Bertz CT molecular complexity index is 894. The number of carbonyl (C=O) groups excluding carboxylic acids is 1. The Morgan fingerprint density at radius 3 is 2.64 bits per heavy atom. The lowest BCUT2D eigenvalue weighted by atomic mass is 10.0. The van der Waals surface area contributed by atoms with Crippen LogP contribution >= 0.6 is 0 Å². The summed E-state index contributed by atoms with van der Waals surface area (Å²) in [6.07, 6.45) is 2.20. The molecular weight excluding hydrogens is 314 g/mol. The number of fused-ring (bicyclic) bond motifs is 1. The summed E-state index contributed by atoms with van der Waals surface area (Å²) in [5, 5.41) is 5.03. The molecule has 1 aromatic heterocycles. The SMILES string of the molecule is COC(=O)C(Cc1ccccc1)Nc1nccc2c(N)c(C)ccc12. The minimum atomic E-state index is -0.534. The minimum Gasteiger partial charge on any atom is -0.467 e. The lowest BCUT2D eigenvalue weighted by molar-refractivity contribution is -0.141. The first-order chi connectivity index (χ1) is 12.1. The smallest absolute Gasteiger partial charge is 0.328 e. The number of benzene rings is 2. The molecule has 25 heavy (non-hydrogen) atoms. The maximum atomic E-state index is 12.2. The van der Waals surface area contributed by atoms with E-state index in [0.29, 0.717) is 12.2 Å². The Morgan fingerprint density at radius 2 is 1.92 bits per heavy atom. The van der Waals surface area contributed by atoms with E-state index in [1.165, 1.54) is 7.11 Å². The number of carbonyl (C=O) groups is 1. The third-order valence-electron chi connectivity index (χ3n) is 4.28. The summed E-state index contributed by atoms with van der Waals surface area (Å²) in [6.45, 7) is 1.97. The molecule has 0 fully saturated rings. The highest BCUT2D eigenvalue weighted by Crippen LogP contribution is 2.29. The van der Waals surface area contributed by atoms with E-state index in [-0.39, 0.29) is 5.97 Å². The number of nitrogen functional groups attached to an aromatic ring is 1. The molecule has 0 bridgehead atoms. The van der Waals surface area contributed by atoms with Crippen molar-refractivity contribution < 1.29 is 9.53 Å². The van der Waals surface area contributed by atoms with Crippen LogP contribution in [0.3, 0.4) is 0 Å². The summed E-state index contributed by atoms with van der Waals surface area (Å²) >= 11 is 0. The molecule has 1 atom stereocenters. The zero-order valence-corrected chi connectivity index (χ0v) is 14.3. The average Bonchev–Trinajstić information content (AvgIpc) is 2.64. The second-order valence-corrected chi connectivity index (χ2v) is 5.96. The van der Waals surface area contributed by atoms with Crippen molar-refractivity contribution in [3.8, 4) is 0 Å². The summed E-state index contributed by atoms with van der Waals surface area (Å²) < 4.78 is 4.96. The van der Waals surface area contributed by atoms with Crippen LogP contribution in [0.2, 0.25) is 0 Å². The fraction of sp³-hybridized carbons (Fsp3) is 0.200. The van der Waals surface area contributed by atoms with Gasteiger partial charge in [-0.05, 0) is 24.1 Å². The summed E-state index contributed by atoms with van der Waals surface area (Å²) in [6, 6.07) is 15.1. The van der Waals surface area contributed by atoms with Gasteiger partial charge in [-0.2, -0.15) is 0 Å². The number of esters is 1. The van der Waals surface area contributed by atoms with Crippen molar-refractivity contribution in [1.82, 2.24) is 4.98 Å². The quantitative estimate of drug-likeness (QED) is 0.552. The van der Waals surface area contributed by atoms with Crippen LogP contribution in [0, 0.1) is 6.92 Å². The van der Waals surface area contributed by atoms with E-state index in [1.807, 2.05) is 55.5 Å². The van der Waals surface area contributed by atoms with Crippen LogP contribution in [0.15, 0.2) is 54.7 Å². The highest BCUT2D eigenvalue weighted by Gasteiger charge is 2.21. The van der Waals surface area contributed by atoms with Crippen LogP contribution in [0.4, 0.5) is 11.5 Å². The lowest BCUT2D eigenvalue weighted by Crippen LogP contribution is -2.33. The van der Waals surface area contributed by atoms with Gasteiger partial charge in [0.15, 0.2) is 0 Å². The molecule has 128 valence electrons. The number of hydrogen-bond acceptors (Lipinski definition) is 5. The van der Waals surface area contributed by atoms with Crippen LogP contribution in [-0.2, 0) is 16.0 Å². The van der Waals surface area contributed by atoms with E-state index in [9.17, 15) is 4.79 Å². The van der Waals surface area contributed by atoms with Crippen LogP contribution < -0.4 is 11.1 Å². The van der Waals surface area contributed by atoms with Gasteiger partial charge in [0.25, 0.3) is 0 Å². The average molecular weight is 335 g/mol. The van der Waals surface area contributed by atoms with Gasteiger partial charge in [0.2, 0.25) is 0 Å². The second-order valence-electron chi connectivity index (χ2n) is 5.96. The molecule has 0 saturated heterocycles. The summed E-state index contributed by atoms with van der Waals surface area (Å²) in [5.74, 6) is 0.290. The van der Waals surface area contributed by atoms with Crippen molar-refractivity contribution in [2.24, 2.45) is 0 Å². The largest absolute Gasteiger partial charge is 0.467 e. The van der Waals surface area contributed by atoms with Crippen LogP contribution in [0.1, 0.15) is 11.1 Å². The van der Waals surface area contributed by atoms with E-state index in [0.717, 1.165) is 27.6 Å². The molecule has 1 heterocycles. The van der Waals surface area contributed by atoms with Crippen molar-refractivity contribution in [2.45, 2.75) is 19.4 Å². The van der Waals surface area contributed by atoms with Crippen molar-refractivity contribution in [1.29, 1.82) is 0 Å². The molecule has 0 radical (unpaired) electrons. The van der Waals surface area contributed by atoms with E-state index in [4.69, 9.17) is 10.5 Å². The highest BCUT2D eigenvalue weighted by molar-refractivity contribution is 6.00. The Balaban J connectivity index is 1.96. The third-order valence-corrected chi connectivity index (χ3v) is 4.28. The van der Waals surface area contributed by atoms with E-state index < -0.39 is 6.04 Å². The molecular formula is C20H21N3O2. The molecule has 0 aliphatic heterocycles. The van der Waals surface area contributed by atoms with Gasteiger partial charge in [-0.1, -0.05) is 42.5 Å². The van der Waals surface area contributed by atoms with E-state index in [2.05, 4.69) is 10.3 Å². The molecule has 5 heteroatoms. The predicted molar refractivity (Wildman–Crippen MR) is 100 cm³/mol. The topological polar surface area (TPSA) is 77.2 Å². The zero-order valence-electron chi connectivity index (χ0n) is 14.3. The third kappa shape index (κ3) is 3.55. The fourth-order valence-electron chi connectivity index (χ4n) is 2.85. The first-order valence-electron chi connectivity index (χ1n) is 8.12. The van der Waals surface area contributed by atoms with Crippen molar-refractivity contribution in [2.75, 3.05) is 18.2 Å². The Kier molecular flexibility index (Phi) is 4.84. The first-order valence-corrected chi connectivity index (χ1v) is 8.12. The lowest BCUT2D eigenvalue weighted by Gasteiger charge is -2.19. The van der Waals surface area contributed by atoms with Gasteiger partial charge in [-0.3, -0.25) is 0 Å². The van der Waals surface area contributed by atoms with Crippen LogP contribution in [0.5, 0.6) is 0 Å². The Morgan fingerprint density at radius 1 is 1.16 bits per heavy atom. The number of nitrogens with two attached hydrogens (primary N) is 1. The molecule has 0 aliphatic carbocycles. The number of pyridine rings is 1. The standard InChI is InChI=1S/C20H21N3O2/c1-13-8-9-16-15(18(13)21)10-11-22-19(16)23-17(20(24)25-2)12-14-6-4-3-5-7-14/h3-11,17H,12,21H2,1-2H3,(H,22,23). The molecule has 0 saturated carbocycles. The number of hydrogen-bond donors (Lipinski definition) is 2. The summed E-state index contributed by atoms with van der Waals surface area (Å²) in [7, 11) is 1.39. The normalized spacial score (nSPS) is 11.9. The zero-order chi connectivity index (χ0) is 17.8. The predicted octanol–water partition coefficient (Wildman–Crippen LogP) is 3.32. The second kappa shape index (κ2) is 7.21. The van der Waals surface area contributed by atoms with Gasteiger partial charge in [-0.15, -0.1) is 0 Å². The fourth-order valence-corrected chi connectivity index (χ4v) is 2.85. The monoisotopic (exact) mass is 335 g/mol. The number of aryl methyl sites for hydroxylation is 1. The molecule has 0 amide bonds. The van der Waals surface area contributed by atoms with Crippen molar-refractivity contribution in [3.05, 3.63) is 65.9 Å². The van der Waals surface area contributed by atoms with Gasteiger partial charge in [0, 0.05) is 29.1 Å². The number of nitrogens with zero attached hydrogens (tertiary/aromatic N) is 1. The first kappa shape index (κ1) is 16.8. The van der Waals surface area contributed by atoms with E-state index in [1.54, 1.807) is 6.20 Å². The maximum absolute atomic E-state index is 12.2. The van der Waals surface area contributed by atoms with Crippen molar-refractivity contribution in [3.63, 3.8) is 0 Å². The highest BCUT2D eigenvalue weighted by atomic mass is 16.5. The van der Waals surface area contributed by atoms with Gasteiger partial charge >= 0.3 is 5.97 Å². The van der Waals surface area contributed by atoms with Crippen LogP contribution in [-0.4, -0.2) is 24.1 Å². The van der Waals surface area contributed by atoms with Gasteiger partial charge in [0.05, 0.1) is 7.11 Å². The number of ether oxygens (including phenoxy) is 1. The number of nitrogens with one attached hydrogen (secondary N) is 1. The molecule has 1 unspecified atom stereocenters. The maximum Gasteiger partial charge on any atom is 0.328 e. The number of rotatable bonds is 5. The number of anilines is 2. The molecule has 0 spiro atoms. The molecule has 3 rings (SSSR count). The van der Waals surface area contributed by atoms with Gasteiger partial charge in [-0.25, -0.2) is 9.78 Å². The summed E-state index contributed by atoms with van der Waals surface area (Å²) in [5.41, 5.74) is 8.96. The summed E-state index contributed by atoms with van der Waals surface area (Å²) in [4.78, 5) is 16.6. The molecule has 3 aromatic rings. The Labute approximate surface area is 146 Å². The Hall–Kier alpha value is -3.08. The molecule has 5 nitrogen and oxygen atoms in total. The van der Waals surface area contributed by atoms with E-state index >= 15 is 0 Å². The van der Waals surface area contributed by atoms with Gasteiger partial charge in [0.1, 0.15) is 11.9 Å².